The number of benzene rings is 1. The maximum Gasteiger partial charge on any atom is 1.00 e. The Labute approximate surface area is 334 Å². The molecule has 9 nitrogen and oxygen atoms in total. The predicted octanol–water partition coefficient (Wildman–Crippen LogP) is 2.42. The van der Waals surface area contributed by atoms with Crippen LogP contribution in [0.15, 0.2) is 30.3 Å². The molecular weight excluding hydrogens is 695 g/mol. The van der Waals surface area contributed by atoms with Gasteiger partial charge in [-0.05, 0) is 62.5 Å². The van der Waals surface area contributed by atoms with Gasteiger partial charge in [-0.3, -0.25) is 0 Å². The van der Waals surface area contributed by atoms with Crippen molar-refractivity contribution in [3.63, 3.8) is 0 Å². The van der Waals surface area contributed by atoms with Crippen molar-refractivity contribution >= 4 is 22.0 Å². The van der Waals surface area contributed by atoms with E-state index in [0.717, 1.165) is 52.1 Å². The molecule has 0 aromatic heterocycles. The summed E-state index contributed by atoms with van der Waals surface area (Å²) < 4.78 is 41.6. The molecule has 3 aliphatic heterocycles. The number of hydrogen-bond acceptors (Lipinski definition) is 9. The molecule has 1 N–H and O–H groups in total. The van der Waals surface area contributed by atoms with Crippen molar-refractivity contribution in [2.24, 2.45) is 0 Å². The maximum absolute atomic E-state index is 8.42. The quantitative estimate of drug-likeness (QED) is 0.101. The molecule has 47 heavy (non-hydrogen) atoms. The summed E-state index contributed by atoms with van der Waals surface area (Å²) in [6, 6.07) is 8.58. The largest absolute Gasteiger partial charge is 1.00 e. The Kier molecular flexibility index (Phi) is 37.0. The Hall–Kier alpha value is -0.164. The fourth-order valence-electron chi connectivity index (χ4n) is 4.05. The first-order chi connectivity index (χ1) is 22.7. The minimum Gasteiger partial charge on any atom is -0.394 e. The number of rotatable bonds is 14. The van der Waals surface area contributed by atoms with Crippen LogP contribution in [0, 0.1) is 24.7 Å². The number of halogens is 1. The molecular formula is C36H55BrKO9+. The first kappa shape index (κ1) is 46.8. The van der Waals surface area contributed by atoms with Gasteiger partial charge in [0.2, 0.25) is 0 Å². The van der Waals surface area contributed by atoms with Gasteiger partial charge in [-0.1, -0.05) is 64.2 Å². The summed E-state index contributed by atoms with van der Waals surface area (Å²) in [4.78, 5) is 0. The number of alkyl halides is 1. The van der Waals surface area contributed by atoms with Crippen LogP contribution in [-0.4, -0.2) is 109 Å². The van der Waals surface area contributed by atoms with Gasteiger partial charge in [-0.15, -0.1) is 12.8 Å². The Morgan fingerprint density at radius 2 is 1.32 bits per heavy atom. The topological polar surface area (TPSA) is 97.4 Å². The smallest absolute Gasteiger partial charge is 0.394 e. The summed E-state index contributed by atoms with van der Waals surface area (Å²) in [6.07, 6.45) is 23.1. The van der Waals surface area contributed by atoms with Gasteiger partial charge >= 0.3 is 51.4 Å². The average molecular weight is 751 g/mol. The summed E-state index contributed by atoms with van der Waals surface area (Å²) in [6.45, 7) is 7.72. The fourth-order valence-corrected chi connectivity index (χ4v) is 4.05. The zero-order valence-electron chi connectivity index (χ0n) is 28.4. The van der Waals surface area contributed by atoms with Gasteiger partial charge in [-0.25, -0.2) is 0 Å². The Balaban J connectivity index is 0.000000637. The van der Waals surface area contributed by atoms with Crippen molar-refractivity contribution in [3.8, 4) is 24.7 Å². The third kappa shape index (κ3) is 31.6. The average Bonchev–Trinajstić information content (AvgIpc) is 4.02. The zero-order chi connectivity index (χ0) is 33.2. The standard InChI is InChI=1S/C14H24O5.C10H10.C7H14O3.C3H3Br.C2H4O.K/c1-2-6-15-8-9-16-10-11-17-12-13-19-14-5-3-4-7-18-14;1-2-6-10-8-4-3-7-9(10)5-1;8-4-6-10-7-3-1-2-5-9-7;1-2-3-4;1-2-3-1;/h1,14H,3-13H2;1-3,5-7H,4,8H2;7-8H,1-6H2;1H,3H2;1-2H2;/q;;;;;+1. The van der Waals surface area contributed by atoms with Crippen LogP contribution in [0.2, 0.25) is 0 Å². The summed E-state index contributed by atoms with van der Waals surface area (Å²) in [5.74, 6) is 4.74. The summed E-state index contributed by atoms with van der Waals surface area (Å²) in [5.41, 5.74) is 2.89. The van der Waals surface area contributed by atoms with Crippen molar-refractivity contribution in [1.82, 2.24) is 0 Å². The van der Waals surface area contributed by atoms with E-state index in [0.29, 0.717) is 58.2 Å². The van der Waals surface area contributed by atoms with Crippen molar-refractivity contribution in [2.45, 2.75) is 63.9 Å². The van der Waals surface area contributed by atoms with E-state index in [4.69, 9.17) is 51.1 Å². The van der Waals surface area contributed by atoms with Gasteiger partial charge in [-0.2, -0.15) is 0 Å². The molecule has 0 saturated carbocycles. The summed E-state index contributed by atoms with van der Waals surface area (Å²) in [5, 5.41) is 9.08. The number of hydrogen-bond donors (Lipinski definition) is 1. The molecule has 260 valence electrons. The third-order valence-corrected chi connectivity index (χ3v) is 6.67. The van der Waals surface area contributed by atoms with Crippen LogP contribution in [0.25, 0.3) is 6.08 Å². The summed E-state index contributed by atoms with van der Waals surface area (Å²) in [7, 11) is 0. The monoisotopic (exact) mass is 749 g/mol. The predicted molar refractivity (Wildman–Crippen MR) is 185 cm³/mol. The fraction of sp³-hybridized carbons (Fsp3) is 0.667. The Morgan fingerprint density at radius 3 is 1.81 bits per heavy atom. The molecule has 3 saturated heterocycles. The van der Waals surface area contributed by atoms with Crippen molar-refractivity contribution in [1.29, 1.82) is 0 Å². The molecule has 0 amide bonds. The zero-order valence-corrected chi connectivity index (χ0v) is 33.1. The van der Waals surface area contributed by atoms with Crippen LogP contribution in [0.3, 0.4) is 0 Å². The van der Waals surface area contributed by atoms with Crippen LogP contribution in [0.5, 0.6) is 0 Å². The molecule has 3 fully saturated rings. The number of aliphatic hydroxyl groups is 1. The third-order valence-electron chi connectivity index (χ3n) is 6.35. The van der Waals surface area contributed by atoms with Crippen LogP contribution in [0.1, 0.15) is 56.1 Å². The van der Waals surface area contributed by atoms with Gasteiger partial charge < -0.3 is 43.0 Å². The first-order valence-corrected chi connectivity index (χ1v) is 17.4. The number of fused-ring (bicyclic) bond motifs is 1. The number of aryl methyl sites for hydroxylation is 1. The van der Waals surface area contributed by atoms with E-state index in [1.165, 1.54) is 36.8 Å². The minimum atomic E-state index is -0.0547. The molecule has 1 aromatic rings. The van der Waals surface area contributed by atoms with Crippen molar-refractivity contribution in [2.75, 3.05) is 91.2 Å². The number of allylic oxidation sites excluding steroid dienone is 1. The number of aliphatic hydroxyl groups excluding tert-OH is 1. The second kappa shape index (κ2) is 37.1. The molecule has 2 unspecified atom stereocenters. The maximum atomic E-state index is 8.42. The van der Waals surface area contributed by atoms with Gasteiger partial charge in [0, 0.05) is 13.2 Å². The van der Waals surface area contributed by atoms with E-state index >= 15 is 0 Å². The Morgan fingerprint density at radius 1 is 0.766 bits per heavy atom. The van der Waals surface area contributed by atoms with Crippen molar-refractivity contribution in [3.05, 3.63) is 41.5 Å². The van der Waals surface area contributed by atoms with Crippen LogP contribution in [0.4, 0.5) is 0 Å². The van der Waals surface area contributed by atoms with Crippen molar-refractivity contribution < 1.29 is 94.4 Å². The molecule has 3 heterocycles. The van der Waals surface area contributed by atoms with E-state index in [1.807, 2.05) is 0 Å². The molecule has 1 aromatic carbocycles. The second-order valence-electron chi connectivity index (χ2n) is 10.1. The number of epoxide rings is 1. The molecule has 11 heteroatoms. The minimum absolute atomic E-state index is 0. The molecule has 5 rings (SSSR count). The Bertz CT molecular complexity index is 921. The first-order valence-electron chi connectivity index (χ1n) is 16.3. The molecule has 4 aliphatic rings. The normalized spacial score (nSPS) is 18.6. The van der Waals surface area contributed by atoms with E-state index in [9.17, 15) is 0 Å². The number of ether oxygens (including phenoxy) is 8. The molecule has 0 spiro atoms. The molecule has 1 aliphatic carbocycles. The van der Waals surface area contributed by atoms with Crippen LogP contribution < -0.4 is 51.4 Å². The van der Waals surface area contributed by atoms with Gasteiger partial charge in [0.25, 0.3) is 0 Å². The molecule has 0 radical (unpaired) electrons. The second-order valence-corrected chi connectivity index (χ2v) is 10.7. The van der Waals surface area contributed by atoms with Crippen LogP contribution >= 0.6 is 15.9 Å². The summed E-state index contributed by atoms with van der Waals surface area (Å²) >= 11 is 3.01. The SMILES string of the molecule is C#CCBr.C#CCOCCOCCOCCOC1CCCCO1.C1=Cc2ccccc2CC1.C1CO1.OCCOC1CCCCO1.[K+]. The van der Waals surface area contributed by atoms with E-state index < -0.39 is 0 Å². The number of terminal acetylenes is 2. The van der Waals surface area contributed by atoms with Gasteiger partial charge in [0.05, 0.1) is 71.4 Å². The van der Waals surface area contributed by atoms with E-state index in [-0.39, 0.29) is 70.6 Å². The molecule has 2 atom stereocenters. The van der Waals surface area contributed by atoms with E-state index in [2.05, 4.69) is 68.9 Å². The van der Waals surface area contributed by atoms with E-state index in [1.54, 1.807) is 0 Å². The van der Waals surface area contributed by atoms with Crippen LogP contribution in [-0.2, 0) is 44.3 Å². The van der Waals surface area contributed by atoms with Gasteiger partial charge in [0.15, 0.2) is 12.6 Å². The molecule has 0 bridgehead atoms. The van der Waals surface area contributed by atoms with Gasteiger partial charge in [0.1, 0.15) is 6.61 Å².